The number of ether oxygens (including phenoxy) is 2. The van der Waals surface area contributed by atoms with Gasteiger partial charge in [0, 0.05) is 5.56 Å². The smallest absolute Gasteiger partial charge is 0.174 e. The van der Waals surface area contributed by atoms with E-state index in [2.05, 4.69) is 22.6 Å². The van der Waals surface area contributed by atoms with Gasteiger partial charge in [-0.1, -0.05) is 0 Å². The minimum absolute atomic E-state index is 0.547. The fourth-order valence-corrected chi connectivity index (χ4v) is 1.98. The van der Waals surface area contributed by atoms with E-state index in [1.807, 2.05) is 0 Å². The van der Waals surface area contributed by atoms with Crippen molar-refractivity contribution in [3.05, 3.63) is 21.3 Å². The number of carbonyl (C=O) groups excluding carboxylic acids is 1. The largest absolute Gasteiger partial charge is 0.486 e. The van der Waals surface area contributed by atoms with Crippen molar-refractivity contribution in [1.82, 2.24) is 0 Å². The van der Waals surface area contributed by atoms with Crippen LogP contribution in [-0.2, 0) is 0 Å². The summed E-state index contributed by atoms with van der Waals surface area (Å²) in [6, 6.07) is 3.48. The lowest BCUT2D eigenvalue weighted by atomic mass is 10.2. The molecule has 1 aromatic carbocycles. The van der Waals surface area contributed by atoms with Crippen LogP contribution in [0.5, 0.6) is 11.5 Å². The Bertz CT molecular complexity index is 349. The number of hydrogen-bond donors (Lipinski definition) is 0. The molecule has 2 rings (SSSR count). The van der Waals surface area contributed by atoms with Gasteiger partial charge in [-0.15, -0.1) is 0 Å². The van der Waals surface area contributed by atoms with Gasteiger partial charge in [0.05, 0.1) is 3.57 Å². The summed E-state index contributed by atoms with van der Waals surface area (Å²) < 4.78 is 11.7. The van der Waals surface area contributed by atoms with Crippen LogP contribution in [0.4, 0.5) is 0 Å². The molecule has 68 valence electrons. The van der Waals surface area contributed by atoms with Gasteiger partial charge >= 0.3 is 0 Å². The van der Waals surface area contributed by atoms with Gasteiger partial charge in [0.25, 0.3) is 0 Å². The van der Waals surface area contributed by atoms with Gasteiger partial charge in [-0.3, -0.25) is 4.79 Å². The number of fused-ring (bicyclic) bond motifs is 1. The maximum Gasteiger partial charge on any atom is 0.174 e. The summed E-state index contributed by atoms with van der Waals surface area (Å²) in [6.07, 6.45) is 0.806. The van der Waals surface area contributed by atoms with E-state index in [1.54, 1.807) is 12.1 Å². The molecule has 1 aliphatic rings. The molecule has 0 radical (unpaired) electrons. The number of benzene rings is 1. The SMILES string of the molecule is O=Cc1cc(I)c2c(c1)OCCO2. The van der Waals surface area contributed by atoms with Crippen LogP contribution in [0.15, 0.2) is 12.1 Å². The van der Waals surface area contributed by atoms with Gasteiger partial charge in [-0.05, 0) is 34.7 Å². The highest BCUT2D eigenvalue weighted by atomic mass is 127. The summed E-state index contributed by atoms with van der Waals surface area (Å²) in [5, 5.41) is 0. The van der Waals surface area contributed by atoms with E-state index in [1.165, 1.54) is 0 Å². The maximum atomic E-state index is 10.5. The first-order valence-electron chi connectivity index (χ1n) is 3.85. The zero-order valence-electron chi connectivity index (χ0n) is 6.75. The average Bonchev–Trinajstić information content (AvgIpc) is 2.18. The normalized spacial score (nSPS) is 13.9. The molecule has 4 heteroatoms. The highest BCUT2D eigenvalue weighted by Gasteiger charge is 2.15. The lowest BCUT2D eigenvalue weighted by Crippen LogP contribution is -2.16. The van der Waals surface area contributed by atoms with Gasteiger partial charge in [0.15, 0.2) is 11.5 Å². The van der Waals surface area contributed by atoms with Crippen LogP contribution in [0.1, 0.15) is 10.4 Å². The summed E-state index contributed by atoms with van der Waals surface area (Å²) in [5.41, 5.74) is 0.619. The van der Waals surface area contributed by atoms with Crippen molar-refractivity contribution in [2.24, 2.45) is 0 Å². The van der Waals surface area contributed by atoms with E-state index >= 15 is 0 Å². The Hall–Kier alpha value is -0.780. The number of aldehydes is 1. The van der Waals surface area contributed by atoms with E-state index < -0.39 is 0 Å². The molecule has 1 aliphatic heterocycles. The Balaban J connectivity index is 2.52. The van der Waals surface area contributed by atoms with Gasteiger partial charge in [-0.25, -0.2) is 0 Å². The lowest BCUT2D eigenvalue weighted by molar-refractivity contribution is 0.112. The van der Waals surface area contributed by atoms with Crippen molar-refractivity contribution in [3.63, 3.8) is 0 Å². The molecule has 3 nitrogen and oxygen atoms in total. The van der Waals surface area contributed by atoms with E-state index in [9.17, 15) is 4.79 Å². The first-order valence-corrected chi connectivity index (χ1v) is 4.93. The Morgan fingerprint density at radius 2 is 2.08 bits per heavy atom. The Morgan fingerprint density at radius 3 is 2.85 bits per heavy atom. The Morgan fingerprint density at radius 1 is 1.31 bits per heavy atom. The highest BCUT2D eigenvalue weighted by molar-refractivity contribution is 14.1. The third-order valence-corrected chi connectivity index (χ3v) is 2.56. The standard InChI is InChI=1S/C9H7IO3/c10-7-3-6(5-11)4-8-9(7)13-2-1-12-8/h3-5H,1-2H2. The number of hydrogen-bond acceptors (Lipinski definition) is 3. The van der Waals surface area contributed by atoms with Gasteiger partial charge in [0.1, 0.15) is 19.5 Å². The average molecular weight is 290 g/mol. The minimum atomic E-state index is 0.547. The number of carbonyl (C=O) groups is 1. The third kappa shape index (κ3) is 1.63. The Labute approximate surface area is 89.2 Å². The lowest BCUT2D eigenvalue weighted by Gasteiger charge is -2.19. The molecular weight excluding hydrogens is 283 g/mol. The van der Waals surface area contributed by atoms with E-state index in [0.29, 0.717) is 24.5 Å². The van der Waals surface area contributed by atoms with Crippen LogP contribution < -0.4 is 9.47 Å². The molecule has 0 aromatic heterocycles. The summed E-state index contributed by atoms with van der Waals surface area (Å²) in [6.45, 7) is 1.12. The van der Waals surface area contributed by atoms with Crippen molar-refractivity contribution in [3.8, 4) is 11.5 Å². The zero-order valence-corrected chi connectivity index (χ0v) is 8.91. The van der Waals surface area contributed by atoms with Crippen molar-refractivity contribution in [2.45, 2.75) is 0 Å². The van der Waals surface area contributed by atoms with Gasteiger partial charge in [-0.2, -0.15) is 0 Å². The summed E-state index contributed by atoms with van der Waals surface area (Å²) in [4.78, 5) is 10.5. The molecule has 0 saturated carbocycles. The summed E-state index contributed by atoms with van der Waals surface area (Å²) in [7, 11) is 0. The first kappa shape index (κ1) is 8.80. The number of halogens is 1. The van der Waals surface area contributed by atoms with Crippen molar-refractivity contribution < 1.29 is 14.3 Å². The van der Waals surface area contributed by atoms with Crippen molar-refractivity contribution >= 4 is 28.9 Å². The van der Waals surface area contributed by atoms with Crippen LogP contribution in [0.3, 0.4) is 0 Å². The third-order valence-electron chi connectivity index (χ3n) is 1.76. The molecule has 1 heterocycles. The van der Waals surface area contributed by atoms with Crippen LogP contribution >= 0.6 is 22.6 Å². The molecule has 13 heavy (non-hydrogen) atoms. The summed E-state index contributed by atoms with van der Waals surface area (Å²) in [5.74, 6) is 1.41. The minimum Gasteiger partial charge on any atom is -0.486 e. The second-order valence-corrected chi connectivity index (χ2v) is 3.81. The van der Waals surface area contributed by atoms with Crippen molar-refractivity contribution in [2.75, 3.05) is 13.2 Å². The van der Waals surface area contributed by atoms with E-state index in [-0.39, 0.29) is 0 Å². The first-order chi connectivity index (χ1) is 6.31. The molecule has 0 saturated heterocycles. The maximum absolute atomic E-state index is 10.5. The fraction of sp³-hybridized carbons (Fsp3) is 0.222. The molecule has 0 bridgehead atoms. The topological polar surface area (TPSA) is 35.5 Å². The molecule has 1 aromatic rings. The predicted octanol–water partition coefficient (Wildman–Crippen LogP) is 1.87. The molecule has 0 aliphatic carbocycles. The second-order valence-electron chi connectivity index (χ2n) is 2.64. The molecular formula is C9H7IO3. The van der Waals surface area contributed by atoms with E-state index in [0.717, 1.165) is 15.6 Å². The Kier molecular flexibility index (Phi) is 2.39. The van der Waals surface area contributed by atoms with Crippen LogP contribution in [0.2, 0.25) is 0 Å². The monoisotopic (exact) mass is 290 g/mol. The van der Waals surface area contributed by atoms with Crippen LogP contribution in [-0.4, -0.2) is 19.5 Å². The molecule has 0 spiro atoms. The van der Waals surface area contributed by atoms with Gasteiger partial charge in [0.2, 0.25) is 0 Å². The molecule has 0 N–H and O–H groups in total. The van der Waals surface area contributed by atoms with Crippen LogP contribution in [0, 0.1) is 3.57 Å². The van der Waals surface area contributed by atoms with Crippen LogP contribution in [0.25, 0.3) is 0 Å². The molecule has 0 unspecified atom stereocenters. The highest BCUT2D eigenvalue weighted by Crippen LogP contribution is 2.35. The van der Waals surface area contributed by atoms with Crippen molar-refractivity contribution in [1.29, 1.82) is 0 Å². The fourth-order valence-electron chi connectivity index (χ4n) is 1.20. The molecule has 0 amide bonds. The van der Waals surface area contributed by atoms with E-state index in [4.69, 9.17) is 9.47 Å². The predicted molar refractivity (Wildman–Crippen MR) is 55.5 cm³/mol. The second kappa shape index (κ2) is 3.53. The van der Waals surface area contributed by atoms with Gasteiger partial charge < -0.3 is 9.47 Å². The number of rotatable bonds is 1. The summed E-state index contributed by atoms with van der Waals surface area (Å²) >= 11 is 2.13. The molecule has 0 atom stereocenters. The zero-order chi connectivity index (χ0) is 9.26. The quantitative estimate of drug-likeness (QED) is 0.585. The molecule has 0 fully saturated rings.